The molecule has 2 atom stereocenters. The van der Waals surface area contributed by atoms with E-state index < -0.39 is 6.10 Å². The van der Waals surface area contributed by atoms with E-state index in [-0.39, 0.29) is 11.9 Å². The van der Waals surface area contributed by atoms with E-state index in [0.717, 1.165) is 28.2 Å². The van der Waals surface area contributed by atoms with Gasteiger partial charge in [-0.3, -0.25) is 4.79 Å². The zero-order valence-electron chi connectivity index (χ0n) is 15.6. The minimum Gasteiger partial charge on any atom is -0.494 e. The Kier molecular flexibility index (Phi) is 6.45. The quantitative estimate of drug-likeness (QED) is 0.814. The molecule has 0 bridgehead atoms. The van der Waals surface area contributed by atoms with Gasteiger partial charge in [-0.2, -0.15) is 0 Å². The molecule has 0 aliphatic heterocycles. The van der Waals surface area contributed by atoms with Crippen LogP contribution in [0.15, 0.2) is 42.5 Å². The van der Waals surface area contributed by atoms with Crippen LogP contribution in [0.2, 0.25) is 0 Å². The van der Waals surface area contributed by atoms with Gasteiger partial charge in [0.2, 0.25) is 0 Å². The Bertz CT molecular complexity index is 710. The van der Waals surface area contributed by atoms with Gasteiger partial charge >= 0.3 is 0 Å². The highest BCUT2D eigenvalue weighted by Gasteiger charge is 2.18. The van der Waals surface area contributed by atoms with Crippen molar-refractivity contribution in [2.45, 2.75) is 46.8 Å². The number of rotatable bonds is 7. The maximum atomic E-state index is 12.4. The van der Waals surface area contributed by atoms with Crippen LogP contribution >= 0.6 is 0 Å². The van der Waals surface area contributed by atoms with E-state index in [9.17, 15) is 4.79 Å². The van der Waals surface area contributed by atoms with Crippen LogP contribution in [0.4, 0.5) is 0 Å². The fraction of sp³-hybridized carbons (Fsp3) is 0.381. The lowest BCUT2D eigenvalue weighted by molar-refractivity contribution is -0.127. The van der Waals surface area contributed by atoms with E-state index in [0.29, 0.717) is 6.61 Å². The molecule has 0 spiro atoms. The van der Waals surface area contributed by atoms with Crippen LogP contribution in [0, 0.1) is 13.8 Å². The number of aryl methyl sites for hydroxylation is 2. The molecule has 0 radical (unpaired) electrons. The van der Waals surface area contributed by atoms with Gasteiger partial charge in [-0.25, -0.2) is 0 Å². The maximum Gasteiger partial charge on any atom is 0.261 e. The molecule has 0 saturated heterocycles. The zero-order valence-corrected chi connectivity index (χ0v) is 15.6. The topological polar surface area (TPSA) is 47.6 Å². The molecule has 0 unspecified atom stereocenters. The standard InChI is InChI=1S/C21H27NO3/c1-6-24-19-11-9-18(10-12-19)16(4)22-21(23)17(5)25-20-13-14(2)7-8-15(20)3/h7-13,16-17H,6H2,1-5H3,(H,22,23)/t16-,17-/m0/s1. The minimum atomic E-state index is -0.564. The molecule has 0 aliphatic rings. The number of carbonyl (C=O) groups is 1. The molecule has 0 saturated carbocycles. The van der Waals surface area contributed by atoms with Crippen LogP contribution in [0.3, 0.4) is 0 Å². The summed E-state index contributed by atoms with van der Waals surface area (Å²) in [7, 11) is 0. The highest BCUT2D eigenvalue weighted by molar-refractivity contribution is 5.81. The summed E-state index contributed by atoms with van der Waals surface area (Å²) in [5.41, 5.74) is 3.15. The Morgan fingerprint density at radius 3 is 2.40 bits per heavy atom. The summed E-state index contributed by atoms with van der Waals surface area (Å²) >= 11 is 0. The molecule has 0 heterocycles. The summed E-state index contributed by atoms with van der Waals surface area (Å²) in [6.45, 7) is 10.3. The van der Waals surface area contributed by atoms with Gasteiger partial charge in [0.05, 0.1) is 12.6 Å². The second kappa shape index (κ2) is 8.56. The van der Waals surface area contributed by atoms with E-state index in [2.05, 4.69) is 5.32 Å². The van der Waals surface area contributed by atoms with E-state index in [1.807, 2.05) is 70.2 Å². The van der Waals surface area contributed by atoms with Crippen molar-refractivity contribution in [1.29, 1.82) is 0 Å². The third kappa shape index (κ3) is 5.24. The predicted molar refractivity (Wildman–Crippen MR) is 100 cm³/mol. The van der Waals surface area contributed by atoms with E-state index in [4.69, 9.17) is 9.47 Å². The summed E-state index contributed by atoms with van der Waals surface area (Å²) in [5.74, 6) is 1.44. The number of carbonyl (C=O) groups excluding carboxylic acids is 1. The van der Waals surface area contributed by atoms with Crippen LogP contribution < -0.4 is 14.8 Å². The third-order valence-corrected chi connectivity index (χ3v) is 4.07. The Morgan fingerprint density at radius 2 is 1.76 bits per heavy atom. The Balaban J connectivity index is 1.96. The van der Waals surface area contributed by atoms with Crippen molar-refractivity contribution < 1.29 is 14.3 Å². The summed E-state index contributed by atoms with van der Waals surface area (Å²) in [4.78, 5) is 12.4. The highest BCUT2D eigenvalue weighted by atomic mass is 16.5. The molecule has 2 rings (SSSR count). The highest BCUT2D eigenvalue weighted by Crippen LogP contribution is 2.21. The molecular weight excluding hydrogens is 314 g/mol. The molecule has 0 fully saturated rings. The second-order valence-electron chi connectivity index (χ2n) is 6.26. The van der Waals surface area contributed by atoms with Gasteiger partial charge in [0.25, 0.3) is 5.91 Å². The molecule has 25 heavy (non-hydrogen) atoms. The summed E-state index contributed by atoms with van der Waals surface area (Å²) < 4.78 is 11.3. The third-order valence-electron chi connectivity index (χ3n) is 4.07. The van der Waals surface area contributed by atoms with Gasteiger partial charge in [-0.05, 0) is 69.5 Å². The summed E-state index contributed by atoms with van der Waals surface area (Å²) in [6.07, 6.45) is -0.564. The number of hydrogen-bond acceptors (Lipinski definition) is 3. The number of benzene rings is 2. The van der Waals surface area contributed by atoms with Crippen molar-refractivity contribution >= 4 is 5.91 Å². The van der Waals surface area contributed by atoms with Gasteiger partial charge in [0.15, 0.2) is 6.10 Å². The first-order valence-corrected chi connectivity index (χ1v) is 8.67. The van der Waals surface area contributed by atoms with Gasteiger partial charge in [-0.1, -0.05) is 24.3 Å². The van der Waals surface area contributed by atoms with Gasteiger partial charge < -0.3 is 14.8 Å². The van der Waals surface area contributed by atoms with Crippen molar-refractivity contribution in [1.82, 2.24) is 5.32 Å². The number of amides is 1. The van der Waals surface area contributed by atoms with Crippen LogP contribution in [0.5, 0.6) is 11.5 Å². The van der Waals surface area contributed by atoms with Crippen LogP contribution in [-0.4, -0.2) is 18.6 Å². The van der Waals surface area contributed by atoms with E-state index in [1.54, 1.807) is 6.92 Å². The van der Waals surface area contributed by atoms with Crippen molar-refractivity contribution in [2.24, 2.45) is 0 Å². The Morgan fingerprint density at radius 1 is 1.08 bits per heavy atom. The average molecular weight is 341 g/mol. The monoisotopic (exact) mass is 341 g/mol. The largest absolute Gasteiger partial charge is 0.494 e. The first kappa shape index (κ1) is 18.8. The van der Waals surface area contributed by atoms with E-state index in [1.165, 1.54) is 0 Å². The smallest absolute Gasteiger partial charge is 0.261 e. The zero-order chi connectivity index (χ0) is 18.4. The lowest BCUT2D eigenvalue weighted by Crippen LogP contribution is -2.37. The second-order valence-corrected chi connectivity index (χ2v) is 6.26. The summed E-state index contributed by atoms with van der Waals surface area (Å²) in [6, 6.07) is 13.6. The lowest BCUT2D eigenvalue weighted by Gasteiger charge is -2.20. The molecule has 1 N–H and O–H groups in total. The van der Waals surface area contributed by atoms with Gasteiger partial charge in [-0.15, -0.1) is 0 Å². The summed E-state index contributed by atoms with van der Waals surface area (Å²) in [5, 5.41) is 3.00. The van der Waals surface area contributed by atoms with Crippen LogP contribution in [0.25, 0.3) is 0 Å². The van der Waals surface area contributed by atoms with Gasteiger partial charge in [0.1, 0.15) is 11.5 Å². The van der Waals surface area contributed by atoms with Crippen LogP contribution in [-0.2, 0) is 4.79 Å². The number of nitrogens with one attached hydrogen (secondary N) is 1. The SMILES string of the molecule is CCOc1ccc([C@H](C)NC(=O)[C@H](C)Oc2cc(C)ccc2C)cc1. The normalized spacial score (nSPS) is 13.0. The lowest BCUT2D eigenvalue weighted by atomic mass is 10.1. The molecular formula is C21H27NO3. The molecule has 1 amide bonds. The maximum absolute atomic E-state index is 12.4. The fourth-order valence-electron chi connectivity index (χ4n) is 2.51. The molecule has 0 aliphatic carbocycles. The van der Waals surface area contributed by atoms with Crippen molar-refractivity contribution in [3.63, 3.8) is 0 Å². The molecule has 4 heteroatoms. The van der Waals surface area contributed by atoms with Crippen molar-refractivity contribution in [2.75, 3.05) is 6.61 Å². The Labute approximate surface area is 150 Å². The van der Waals surface area contributed by atoms with Crippen molar-refractivity contribution in [3.05, 3.63) is 59.2 Å². The fourth-order valence-corrected chi connectivity index (χ4v) is 2.51. The predicted octanol–water partition coefficient (Wildman–Crippen LogP) is 4.35. The molecule has 4 nitrogen and oxygen atoms in total. The molecule has 134 valence electrons. The van der Waals surface area contributed by atoms with Crippen molar-refractivity contribution in [3.8, 4) is 11.5 Å². The Hall–Kier alpha value is -2.49. The molecule has 0 aromatic heterocycles. The number of ether oxygens (including phenoxy) is 2. The van der Waals surface area contributed by atoms with E-state index >= 15 is 0 Å². The average Bonchev–Trinajstić information content (AvgIpc) is 2.59. The first-order valence-electron chi connectivity index (χ1n) is 8.67. The van der Waals surface area contributed by atoms with Crippen LogP contribution in [0.1, 0.15) is 43.5 Å². The molecule has 2 aromatic carbocycles. The minimum absolute atomic E-state index is 0.104. The molecule has 2 aromatic rings. The first-order chi connectivity index (χ1) is 11.9. The van der Waals surface area contributed by atoms with Gasteiger partial charge in [0, 0.05) is 0 Å². The number of hydrogen-bond donors (Lipinski definition) is 1.